The molecule has 1 aliphatic carbocycles. The number of methoxy groups -OCH3 is 1. The summed E-state index contributed by atoms with van der Waals surface area (Å²) in [6.07, 6.45) is 4.26. The van der Waals surface area contributed by atoms with Gasteiger partial charge in [0.05, 0.1) is 12.2 Å². The summed E-state index contributed by atoms with van der Waals surface area (Å²) >= 11 is 0. The van der Waals surface area contributed by atoms with Crippen LogP contribution in [0.4, 0.5) is 5.82 Å². The number of ether oxygens (including phenoxy) is 1. The number of hydrogen-bond donors (Lipinski definition) is 0. The van der Waals surface area contributed by atoms with Gasteiger partial charge in [0.25, 0.3) is 0 Å². The molecule has 2 rings (SSSR count). The van der Waals surface area contributed by atoms with Gasteiger partial charge in [-0.3, -0.25) is 0 Å². The molecule has 1 aromatic rings. The van der Waals surface area contributed by atoms with Crippen LogP contribution in [0.2, 0.25) is 0 Å². The molecule has 1 heterocycles. The van der Waals surface area contributed by atoms with Crippen LogP contribution < -0.4 is 4.90 Å². The number of pyridine rings is 1. The summed E-state index contributed by atoms with van der Waals surface area (Å²) in [6, 6.07) is 4.70. The minimum atomic E-state index is 0.351. The van der Waals surface area contributed by atoms with E-state index in [9.17, 15) is 5.26 Å². The van der Waals surface area contributed by atoms with Crippen molar-refractivity contribution in [3.63, 3.8) is 0 Å². The number of fused-ring (bicyclic) bond motifs is 1. The Kier molecular flexibility index (Phi) is 4.97. The standard InChI is InChI=1S/C16H23N3O/c1-4-12(2)19(8-9-20-3)16-14(11-17)10-13-6-5-7-15(13)18-16/h10,12H,4-9H2,1-3H3. The van der Waals surface area contributed by atoms with Crippen molar-refractivity contribution in [3.8, 4) is 6.07 Å². The molecule has 0 aromatic carbocycles. The molecule has 0 N–H and O–H groups in total. The number of anilines is 1. The summed E-state index contributed by atoms with van der Waals surface area (Å²) in [5, 5.41) is 9.43. The Labute approximate surface area is 121 Å². The maximum Gasteiger partial charge on any atom is 0.147 e. The fraction of sp³-hybridized carbons (Fsp3) is 0.625. The Hall–Kier alpha value is -1.60. The van der Waals surface area contributed by atoms with Crippen LogP contribution in [0.3, 0.4) is 0 Å². The van der Waals surface area contributed by atoms with E-state index in [4.69, 9.17) is 9.72 Å². The second-order valence-electron chi connectivity index (χ2n) is 5.37. The topological polar surface area (TPSA) is 49.1 Å². The van der Waals surface area contributed by atoms with E-state index in [0.717, 1.165) is 38.0 Å². The Morgan fingerprint density at radius 2 is 2.30 bits per heavy atom. The fourth-order valence-corrected chi connectivity index (χ4v) is 2.71. The van der Waals surface area contributed by atoms with Crippen molar-refractivity contribution >= 4 is 5.82 Å². The van der Waals surface area contributed by atoms with Gasteiger partial charge in [-0.05, 0) is 44.2 Å². The summed E-state index contributed by atoms with van der Waals surface area (Å²) in [4.78, 5) is 7.00. The lowest BCUT2D eigenvalue weighted by atomic mass is 10.1. The molecule has 1 unspecified atom stereocenters. The lowest BCUT2D eigenvalue weighted by molar-refractivity contribution is 0.203. The Morgan fingerprint density at radius 1 is 1.50 bits per heavy atom. The first kappa shape index (κ1) is 14.8. The number of rotatable bonds is 6. The molecule has 0 amide bonds. The van der Waals surface area contributed by atoms with E-state index in [2.05, 4.69) is 24.8 Å². The lowest BCUT2D eigenvalue weighted by Gasteiger charge is -2.30. The van der Waals surface area contributed by atoms with Crippen molar-refractivity contribution in [2.75, 3.05) is 25.2 Å². The van der Waals surface area contributed by atoms with Gasteiger partial charge in [-0.1, -0.05) is 6.92 Å². The third-order valence-corrected chi connectivity index (χ3v) is 4.08. The summed E-state index contributed by atoms with van der Waals surface area (Å²) in [5.41, 5.74) is 3.12. The Morgan fingerprint density at radius 3 is 2.95 bits per heavy atom. The number of nitriles is 1. The average molecular weight is 273 g/mol. The first-order chi connectivity index (χ1) is 9.71. The van der Waals surface area contributed by atoms with Crippen LogP contribution in [0, 0.1) is 11.3 Å². The minimum Gasteiger partial charge on any atom is -0.383 e. The summed E-state index contributed by atoms with van der Waals surface area (Å²) < 4.78 is 5.20. The van der Waals surface area contributed by atoms with E-state index in [1.165, 1.54) is 11.3 Å². The maximum atomic E-state index is 9.43. The van der Waals surface area contributed by atoms with Crippen LogP contribution in [0.15, 0.2) is 6.07 Å². The van der Waals surface area contributed by atoms with Crippen LogP contribution in [0.25, 0.3) is 0 Å². The highest BCUT2D eigenvalue weighted by Gasteiger charge is 2.22. The zero-order chi connectivity index (χ0) is 14.5. The van der Waals surface area contributed by atoms with E-state index in [1.54, 1.807) is 7.11 Å². The zero-order valence-corrected chi connectivity index (χ0v) is 12.6. The van der Waals surface area contributed by atoms with Crippen LogP contribution in [0.1, 0.15) is 43.5 Å². The molecule has 0 fully saturated rings. The average Bonchev–Trinajstić information content (AvgIpc) is 2.93. The predicted molar refractivity (Wildman–Crippen MR) is 80.0 cm³/mol. The van der Waals surface area contributed by atoms with Gasteiger partial charge in [-0.25, -0.2) is 4.98 Å². The smallest absolute Gasteiger partial charge is 0.147 e. The molecule has 1 atom stereocenters. The minimum absolute atomic E-state index is 0.351. The summed E-state index contributed by atoms with van der Waals surface area (Å²) in [6.45, 7) is 5.75. The summed E-state index contributed by atoms with van der Waals surface area (Å²) in [7, 11) is 1.70. The quantitative estimate of drug-likeness (QED) is 0.799. The fourth-order valence-electron chi connectivity index (χ4n) is 2.71. The van der Waals surface area contributed by atoms with Gasteiger partial charge in [0.1, 0.15) is 11.9 Å². The molecule has 0 aliphatic heterocycles. The molecular weight excluding hydrogens is 250 g/mol. The third-order valence-electron chi connectivity index (χ3n) is 4.08. The molecule has 4 heteroatoms. The van der Waals surface area contributed by atoms with Gasteiger partial charge in [0, 0.05) is 25.4 Å². The molecule has 0 radical (unpaired) electrons. The van der Waals surface area contributed by atoms with Gasteiger partial charge < -0.3 is 9.64 Å². The second kappa shape index (κ2) is 6.71. The van der Waals surface area contributed by atoms with Gasteiger partial charge in [0.2, 0.25) is 0 Å². The molecule has 4 nitrogen and oxygen atoms in total. The molecule has 0 bridgehead atoms. The Balaban J connectivity index is 2.38. The monoisotopic (exact) mass is 273 g/mol. The van der Waals surface area contributed by atoms with E-state index in [1.807, 2.05) is 6.07 Å². The largest absolute Gasteiger partial charge is 0.383 e. The van der Waals surface area contributed by atoms with Crippen LogP contribution >= 0.6 is 0 Å². The van der Waals surface area contributed by atoms with Crippen molar-refractivity contribution in [1.82, 2.24) is 4.98 Å². The highest BCUT2D eigenvalue weighted by Crippen LogP contribution is 2.28. The molecule has 1 aromatic heterocycles. The first-order valence-electron chi connectivity index (χ1n) is 7.39. The lowest BCUT2D eigenvalue weighted by Crippen LogP contribution is -2.36. The number of aryl methyl sites for hydroxylation is 2. The molecule has 108 valence electrons. The predicted octanol–water partition coefficient (Wildman–Crippen LogP) is 2.69. The molecule has 0 saturated carbocycles. The third kappa shape index (κ3) is 2.94. The molecule has 20 heavy (non-hydrogen) atoms. The van der Waals surface area contributed by atoms with Crippen molar-refractivity contribution < 1.29 is 4.74 Å². The molecule has 0 spiro atoms. The van der Waals surface area contributed by atoms with Gasteiger partial charge in [-0.15, -0.1) is 0 Å². The number of nitrogens with zero attached hydrogens (tertiary/aromatic N) is 3. The molecular formula is C16H23N3O. The van der Waals surface area contributed by atoms with Crippen molar-refractivity contribution in [3.05, 3.63) is 22.9 Å². The van der Waals surface area contributed by atoms with Crippen LogP contribution in [-0.4, -0.2) is 31.3 Å². The van der Waals surface area contributed by atoms with E-state index >= 15 is 0 Å². The van der Waals surface area contributed by atoms with Crippen LogP contribution in [-0.2, 0) is 17.6 Å². The van der Waals surface area contributed by atoms with Gasteiger partial charge >= 0.3 is 0 Å². The van der Waals surface area contributed by atoms with Crippen molar-refractivity contribution in [1.29, 1.82) is 5.26 Å². The van der Waals surface area contributed by atoms with Crippen LogP contribution in [0.5, 0.6) is 0 Å². The van der Waals surface area contributed by atoms with Crippen molar-refractivity contribution in [2.45, 2.75) is 45.6 Å². The highest BCUT2D eigenvalue weighted by atomic mass is 16.5. The van der Waals surface area contributed by atoms with Gasteiger partial charge in [-0.2, -0.15) is 5.26 Å². The van der Waals surface area contributed by atoms with Crippen molar-refractivity contribution in [2.24, 2.45) is 0 Å². The highest BCUT2D eigenvalue weighted by molar-refractivity contribution is 5.57. The number of aromatic nitrogens is 1. The Bertz CT molecular complexity index is 507. The molecule has 1 aliphatic rings. The maximum absolute atomic E-state index is 9.43. The summed E-state index contributed by atoms with van der Waals surface area (Å²) in [5.74, 6) is 0.833. The normalized spacial score (nSPS) is 14.7. The van der Waals surface area contributed by atoms with E-state index in [-0.39, 0.29) is 0 Å². The van der Waals surface area contributed by atoms with E-state index < -0.39 is 0 Å². The second-order valence-corrected chi connectivity index (χ2v) is 5.37. The van der Waals surface area contributed by atoms with Gasteiger partial charge in [0.15, 0.2) is 0 Å². The first-order valence-corrected chi connectivity index (χ1v) is 7.39. The zero-order valence-electron chi connectivity index (χ0n) is 12.6. The SMILES string of the molecule is CCC(C)N(CCOC)c1nc2c(cc1C#N)CCC2. The number of hydrogen-bond acceptors (Lipinski definition) is 4. The van der Waals surface area contributed by atoms with E-state index in [0.29, 0.717) is 18.2 Å². The molecule has 0 saturated heterocycles.